The summed E-state index contributed by atoms with van der Waals surface area (Å²) in [4.78, 5) is 12.6. The molecule has 0 saturated carbocycles. The first kappa shape index (κ1) is 18.2. The van der Waals surface area contributed by atoms with Crippen LogP contribution in [0, 0.1) is 0 Å². The van der Waals surface area contributed by atoms with Crippen LogP contribution in [0.4, 0.5) is 0 Å². The molecule has 1 aliphatic heterocycles. The van der Waals surface area contributed by atoms with Crippen molar-refractivity contribution in [2.24, 2.45) is 7.05 Å². The summed E-state index contributed by atoms with van der Waals surface area (Å²) in [5.74, 6) is -0.0966. The molecule has 0 unspecified atom stereocenters. The maximum absolute atomic E-state index is 12.6. The highest BCUT2D eigenvalue weighted by Gasteiger charge is 2.52. The van der Waals surface area contributed by atoms with E-state index in [0.717, 1.165) is 3.97 Å². The van der Waals surface area contributed by atoms with E-state index in [9.17, 15) is 13.2 Å². The first-order valence-electron chi connectivity index (χ1n) is 8.21. The van der Waals surface area contributed by atoms with Gasteiger partial charge in [0.1, 0.15) is 5.52 Å². The van der Waals surface area contributed by atoms with Crippen LogP contribution in [0.3, 0.4) is 0 Å². The van der Waals surface area contributed by atoms with Gasteiger partial charge in [-0.3, -0.25) is 4.79 Å². The zero-order valence-corrected chi connectivity index (χ0v) is 16.2. The van der Waals surface area contributed by atoms with Crippen LogP contribution >= 0.6 is 0 Å². The quantitative estimate of drug-likeness (QED) is 0.752. The third-order valence-electron chi connectivity index (χ3n) is 5.19. The molecule has 0 N–H and O–H groups in total. The van der Waals surface area contributed by atoms with Gasteiger partial charge in [-0.15, -0.1) is 0 Å². The molecule has 1 fully saturated rings. The van der Waals surface area contributed by atoms with Gasteiger partial charge >= 0.3 is 7.12 Å². The molecule has 9 heteroatoms. The minimum absolute atomic E-state index is 0.0966. The lowest BCUT2D eigenvalue weighted by molar-refractivity contribution is 0.00578. The molecule has 0 bridgehead atoms. The summed E-state index contributed by atoms with van der Waals surface area (Å²) in [6, 6.07) is 1.63. The second-order valence-corrected chi connectivity index (χ2v) is 9.50. The maximum atomic E-state index is 12.6. The van der Waals surface area contributed by atoms with Crippen LogP contribution in [0.15, 0.2) is 23.3 Å². The van der Waals surface area contributed by atoms with Gasteiger partial charge in [0, 0.05) is 30.3 Å². The fourth-order valence-electron chi connectivity index (χ4n) is 2.89. The molecule has 0 amide bonds. The van der Waals surface area contributed by atoms with Crippen LogP contribution in [0.2, 0.25) is 0 Å². The van der Waals surface area contributed by atoms with Gasteiger partial charge in [0.2, 0.25) is 10.0 Å². The largest absolute Gasteiger partial charge is 0.497 e. The summed E-state index contributed by atoms with van der Waals surface area (Å²) in [5, 5.41) is 0.527. The lowest BCUT2D eigenvalue weighted by Gasteiger charge is -2.32. The van der Waals surface area contributed by atoms with Crippen molar-refractivity contribution in [2.45, 2.75) is 45.8 Å². The maximum Gasteiger partial charge on any atom is 0.497 e. The van der Waals surface area contributed by atoms with E-state index in [0.29, 0.717) is 10.8 Å². The molecular weight excluding hydrogens is 343 g/mol. The van der Waals surface area contributed by atoms with Crippen molar-refractivity contribution in [1.82, 2.24) is 8.54 Å². The van der Waals surface area contributed by atoms with Gasteiger partial charge in [-0.1, -0.05) is 0 Å². The molecule has 136 valence electrons. The first-order valence-corrected chi connectivity index (χ1v) is 9.81. The number of hydrogen-bond donors (Lipinski definition) is 0. The Hall–Kier alpha value is -1.58. The fourth-order valence-corrected chi connectivity index (χ4v) is 3.87. The third kappa shape index (κ3) is 2.65. The van der Waals surface area contributed by atoms with Crippen molar-refractivity contribution in [3.63, 3.8) is 0 Å². The number of aryl methyl sites for hydroxylation is 1. The van der Waals surface area contributed by atoms with Crippen LogP contribution in [0.1, 0.15) is 34.6 Å². The highest BCUT2D eigenvalue weighted by molar-refractivity contribution is 7.90. The van der Waals surface area contributed by atoms with Crippen molar-refractivity contribution < 1.29 is 17.7 Å². The van der Waals surface area contributed by atoms with Gasteiger partial charge in [0.05, 0.1) is 17.0 Å². The monoisotopic (exact) mass is 366 g/mol. The Morgan fingerprint density at radius 1 is 1.16 bits per heavy atom. The van der Waals surface area contributed by atoms with E-state index in [1.165, 1.54) is 10.8 Å². The van der Waals surface area contributed by atoms with Crippen molar-refractivity contribution in [3.8, 4) is 0 Å². The summed E-state index contributed by atoms with van der Waals surface area (Å²) >= 11 is 0. The van der Waals surface area contributed by atoms with E-state index in [4.69, 9.17) is 9.31 Å². The minimum atomic E-state index is -3.58. The summed E-state index contributed by atoms with van der Waals surface area (Å²) < 4.78 is 39.2. The lowest BCUT2D eigenvalue weighted by Crippen LogP contribution is -2.41. The molecule has 1 saturated heterocycles. The zero-order valence-electron chi connectivity index (χ0n) is 15.4. The molecule has 0 spiro atoms. The molecule has 1 aliphatic rings. The molecule has 0 radical (unpaired) electrons. The van der Waals surface area contributed by atoms with Crippen LogP contribution in [-0.4, -0.2) is 41.0 Å². The zero-order chi connectivity index (χ0) is 18.8. The normalized spacial score (nSPS) is 19.7. The van der Waals surface area contributed by atoms with Gasteiger partial charge in [0.25, 0.3) is 5.56 Å². The van der Waals surface area contributed by atoms with E-state index in [2.05, 4.69) is 0 Å². The van der Waals surface area contributed by atoms with Gasteiger partial charge in [-0.05, 0) is 40.7 Å². The van der Waals surface area contributed by atoms with Crippen LogP contribution in [0.5, 0.6) is 0 Å². The fraction of sp³-hybridized carbons (Fsp3) is 0.562. The van der Waals surface area contributed by atoms with Gasteiger partial charge in [0.15, 0.2) is 0 Å². The van der Waals surface area contributed by atoms with E-state index in [1.807, 2.05) is 27.7 Å². The van der Waals surface area contributed by atoms with Crippen molar-refractivity contribution in [3.05, 3.63) is 28.8 Å². The second kappa shape index (κ2) is 5.46. The van der Waals surface area contributed by atoms with E-state index in [-0.39, 0.29) is 16.8 Å². The molecule has 25 heavy (non-hydrogen) atoms. The molecule has 0 aromatic carbocycles. The van der Waals surface area contributed by atoms with Gasteiger partial charge in [-0.2, -0.15) is 0 Å². The topological polar surface area (TPSA) is 79.5 Å². The van der Waals surface area contributed by atoms with Crippen LogP contribution < -0.4 is 11.0 Å². The van der Waals surface area contributed by atoms with Crippen LogP contribution in [-0.2, 0) is 26.4 Å². The Morgan fingerprint density at radius 2 is 1.72 bits per heavy atom. The predicted molar refractivity (Wildman–Crippen MR) is 97.8 cm³/mol. The molecule has 0 atom stereocenters. The third-order valence-corrected chi connectivity index (χ3v) is 6.82. The highest BCUT2D eigenvalue weighted by atomic mass is 32.2. The van der Waals surface area contributed by atoms with E-state index >= 15 is 0 Å². The SMILES string of the molecule is CCS(=O)(=O)n1ccc2c(B3OC(C)(C)C(C)(C)O3)cn(C)c(=O)c21. The Morgan fingerprint density at radius 3 is 2.24 bits per heavy atom. The molecule has 3 rings (SSSR count). The average molecular weight is 366 g/mol. The van der Waals surface area contributed by atoms with Crippen molar-refractivity contribution in [1.29, 1.82) is 0 Å². The first-order chi connectivity index (χ1) is 11.4. The molecule has 2 aromatic rings. The Labute approximate surface area is 147 Å². The number of hydrogen-bond acceptors (Lipinski definition) is 5. The van der Waals surface area contributed by atoms with Crippen molar-refractivity contribution >= 4 is 33.5 Å². The average Bonchev–Trinajstić information content (AvgIpc) is 3.03. The van der Waals surface area contributed by atoms with E-state index in [1.54, 1.807) is 26.2 Å². The Balaban J connectivity index is 2.26. The second-order valence-electron chi connectivity index (χ2n) is 7.36. The number of rotatable bonds is 3. The minimum Gasteiger partial charge on any atom is -0.399 e. The molecule has 0 aliphatic carbocycles. The van der Waals surface area contributed by atoms with Crippen molar-refractivity contribution in [2.75, 3.05) is 5.75 Å². The summed E-state index contributed by atoms with van der Waals surface area (Å²) in [6.07, 6.45) is 3.06. The smallest absolute Gasteiger partial charge is 0.399 e. The predicted octanol–water partition coefficient (Wildman–Crippen LogP) is 0.837. The molecular formula is C16H23BN2O5S. The standard InChI is InChI=1S/C16H23BN2O5S/c1-7-25(21,22)19-9-8-11-12(10-18(6)14(20)13(11)19)17-23-15(2,3)16(4,5)24-17/h8-10H,7H2,1-6H3. The Kier molecular flexibility index (Phi) is 3.98. The number of nitrogens with zero attached hydrogens (tertiary/aromatic N) is 2. The summed E-state index contributed by atoms with van der Waals surface area (Å²) in [6.45, 7) is 9.32. The molecule has 3 heterocycles. The summed E-state index contributed by atoms with van der Waals surface area (Å²) in [5.41, 5.74) is -0.678. The van der Waals surface area contributed by atoms with Gasteiger partial charge < -0.3 is 13.9 Å². The molecule has 2 aromatic heterocycles. The van der Waals surface area contributed by atoms with Gasteiger partial charge in [-0.25, -0.2) is 12.4 Å². The number of pyridine rings is 1. The highest BCUT2D eigenvalue weighted by Crippen LogP contribution is 2.36. The number of fused-ring (bicyclic) bond motifs is 1. The van der Waals surface area contributed by atoms with Crippen LogP contribution in [0.25, 0.3) is 10.9 Å². The molecule has 7 nitrogen and oxygen atoms in total. The van der Waals surface area contributed by atoms with E-state index < -0.39 is 28.3 Å². The summed E-state index contributed by atoms with van der Waals surface area (Å²) in [7, 11) is -2.68. The lowest BCUT2D eigenvalue weighted by atomic mass is 9.78. The Bertz CT molecular complexity index is 987. The number of aromatic nitrogens is 2.